The second-order valence-corrected chi connectivity index (χ2v) is 8.61. The predicted molar refractivity (Wildman–Crippen MR) is 139 cm³/mol. The topological polar surface area (TPSA) is 167 Å². The molecule has 1 unspecified atom stereocenters. The monoisotopic (exact) mass is 524 g/mol. The lowest BCUT2D eigenvalue weighted by Crippen LogP contribution is -2.54. The van der Waals surface area contributed by atoms with Crippen molar-refractivity contribution in [3.05, 3.63) is 65.7 Å². The van der Waals surface area contributed by atoms with Crippen LogP contribution in [0.25, 0.3) is 0 Å². The zero-order chi connectivity index (χ0) is 27.5. The third kappa shape index (κ3) is 7.95. The minimum Gasteiger partial charge on any atom is -0.464 e. The van der Waals surface area contributed by atoms with E-state index in [0.717, 1.165) is 11.3 Å². The number of anilines is 1. The van der Waals surface area contributed by atoms with E-state index in [1.165, 1.54) is 4.90 Å². The second kappa shape index (κ2) is 13.6. The summed E-state index contributed by atoms with van der Waals surface area (Å²) in [7, 11) is 0. The Labute approximate surface area is 220 Å². The van der Waals surface area contributed by atoms with Crippen molar-refractivity contribution in [3.8, 4) is 0 Å². The van der Waals surface area contributed by atoms with Crippen LogP contribution in [0.15, 0.2) is 59.8 Å². The van der Waals surface area contributed by atoms with E-state index in [2.05, 4.69) is 15.8 Å². The van der Waals surface area contributed by atoms with Gasteiger partial charge in [-0.25, -0.2) is 4.79 Å². The van der Waals surface area contributed by atoms with Gasteiger partial charge in [-0.15, -0.1) is 0 Å². The molecule has 12 nitrogen and oxygen atoms in total. The van der Waals surface area contributed by atoms with Gasteiger partial charge >= 0.3 is 5.97 Å². The molecule has 2 aromatic rings. The number of ether oxygens (including phenoxy) is 1. The molecule has 0 aromatic heterocycles. The fourth-order valence-corrected chi connectivity index (χ4v) is 3.90. The maximum atomic E-state index is 12.7. The van der Waals surface area contributed by atoms with Crippen LogP contribution in [-0.2, 0) is 30.3 Å². The molecule has 202 valence electrons. The first kappa shape index (κ1) is 28.0. The first-order chi connectivity index (χ1) is 18.3. The van der Waals surface area contributed by atoms with Crippen LogP contribution in [-0.4, -0.2) is 85.0 Å². The average Bonchev–Trinajstić information content (AvgIpc) is 2.92. The summed E-state index contributed by atoms with van der Waals surface area (Å²) in [5, 5.41) is 17.0. The number of nitrogens with zero attached hydrogens (tertiary/aromatic N) is 3. The zero-order valence-corrected chi connectivity index (χ0v) is 21.1. The van der Waals surface area contributed by atoms with E-state index in [-0.39, 0.29) is 50.3 Å². The SMILES string of the molecule is CCOC(=O)C(CNC(=O)CN1CCN(c2ccc(/C(N)=N\O)cc2)CC1=O)NC(=O)Cc1ccccc1. The molecule has 0 radical (unpaired) electrons. The normalized spacial score (nSPS) is 14.6. The van der Waals surface area contributed by atoms with Gasteiger partial charge in [0.1, 0.15) is 6.04 Å². The standard InChI is InChI=1S/C26H32N6O6/c1-2-38-26(36)21(29-22(33)14-18-6-4-3-5-7-18)15-28-23(34)16-32-13-12-31(17-24(32)35)20-10-8-19(9-11-20)25(27)30-37/h3-11,21,37H,2,12-17H2,1H3,(H2,27,30)(H,28,34)(H,29,33). The number of carbonyl (C=O) groups excluding carboxylic acids is 4. The number of piperazine rings is 1. The molecule has 12 heteroatoms. The number of amides is 3. The Balaban J connectivity index is 1.50. The number of benzene rings is 2. The van der Waals surface area contributed by atoms with Gasteiger partial charge in [-0.05, 0) is 36.8 Å². The fraction of sp³-hybridized carbons (Fsp3) is 0.346. The summed E-state index contributed by atoms with van der Waals surface area (Å²) in [6.07, 6.45) is 0.0780. The van der Waals surface area contributed by atoms with E-state index in [4.69, 9.17) is 15.7 Å². The lowest BCUT2D eigenvalue weighted by atomic mass is 10.1. The molecular formula is C26H32N6O6. The number of hydrogen-bond acceptors (Lipinski definition) is 8. The van der Waals surface area contributed by atoms with Crippen LogP contribution < -0.4 is 21.3 Å². The summed E-state index contributed by atoms with van der Waals surface area (Å²) < 4.78 is 5.03. The van der Waals surface area contributed by atoms with Crippen LogP contribution in [0.4, 0.5) is 5.69 Å². The van der Waals surface area contributed by atoms with Crippen molar-refractivity contribution in [2.45, 2.75) is 19.4 Å². The number of amidine groups is 1. The Morgan fingerprint density at radius 2 is 1.79 bits per heavy atom. The van der Waals surface area contributed by atoms with Crippen molar-refractivity contribution in [2.24, 2.45) is 10.9 Å². The van der Waals surface area contributed by atoms with Crippen LogP contribution in [0.2, 0.25) is 0 Å². The first-order valence-corrected chi connectivity index (χ1v) is 12.2. The molecule has 3 amide bonds. The molecule has 2 aromatic carbocycles. The minimum atomic E-state index is -1.06. The number of nitrogens with one attached hydrogen (secondary N) is 2. The summed E-state index contributed by atoms with van der Waals surface area (Å²) in [6, 6.07) is 14.9. The summed E-state index contributed by atoms with van der Waals surface area (Å²) >= 11 is 0. The van der Waals surface area contributed by atoms with E-state index >= 15 is 0 Å². The molecule has 1 aliphatic heterocycles. The third-order valence-corrected chi connectivity index (χ3v) is 5.91. The highest BCUT2D eigenvalue weighted by Gasteiger charge is 2.27. The van der Waals surface area contributed by atoms with Gasteiger partial charge in [0.05, 0.1) is 26.1 Å². The van der Waals surface area contributed by atoms with Gasteiger partial charge in [-0.3, -0.25) is 14.4 Å². The van der Waals surface area contributed by atoms with E-state index in [1.54, 1.807) is 43.3 Å². The number of rotatable bonds is 11. The number of carbonyl (C=O) groups is 4. The lowest BCUT2D eigenvalue weighted by Gasteiger charge is -2.35. The van der Waals surface area contributed by atoms with Crippen molar-refractivity contribution < 1.29 is 29.1 Å². The van der Waals surface area contributed by atoms with Crippen LogP contribution in [0.1, 0.15) is 18.1 Å². The van der Waals surface area contributed by atoms with Crippen molar-refractivity contribution in [2.75, 3.05) is 44.2 Å². The average molecular weight is 525 g/mol. The minimum absolute atomic E-state index is 0.00980. The van der Waals surface area contributed by atoms with Crippen LogP contribution in [0.3, 0.4) is 0 Å². The summed E-state index contributed by atoms with van der Waals surface area (Å²) in [4.78, 5) is 53.3. The Hall–Kier alpha value is -4.61. The van der Waals surface area contributed by atoms with Crippen molar-refractivity contribution in [3.63, 3.8) is 0 Å². The van der Waals surface area contributed by atoms with Crippen LogP contribution in [0, 0.1) is 0 Å². The van der Waals surface area contributed by atoms with E-state index in [9.17, 15) is 19.2 Å². The van der Waals surface area contributed by atoms with Gasteiger partial charge in [0.25, 0.3) is 0 Å². The highest BCUT2D eigenvalue weighted by molar-refractivity contribution is 5.97. The predicted octanol–water partition coefficient (Wildman–Crippen LogP) is -0.163. The molecule has 38 heavy (non-hydrogen) atoms. The number of hydrogen-bond donors (Lipinski definition) is 4. The molecule has 0 spiro atoms. The lowest BCUT2D eigenvalue weighted by molar-refractivity contribution is -0.147. The van der Waals surface area contributed by atoms with Gasteiger partial charge in [-0.2, -0.15) is 0 Å². The maximum absolute atomic E-state index is 12.7. The van der Waals surface area contributed by atoms with Gasteiger partial charge in [0, 0.05) is 30.9 Å². The third-order valence-electron chi connectivity index (χ3n) is 5.91. The molecule has 0 aliphatic carbocycles. The smallest absolute Gasteiger partial charge is 0.330 e. The largest absolute Gasteiger partial charge is 0.464 e. The van der Waals surface area contributed by atoms with Crippen molar-refractivity contribution >= 4 is 35.2 Å². The van der Waals surface area contributed by atoms with E-state index < -0.39 is 17.9 Å². The van der Waals surface area contributed by atoms with E-state index in [0.29, 0.717) is 18.7 Å². The van der Waals surface area contributed by atoms with Gasteiger partial charge < -0.3 is 36.1 Å². The summed E-state index contributed by atoms with van der Waals surface area (Å²) in [5.74, 6) is -1.73. The summed E-state index contributed by atoms with van der Waals surface area (Å²) in [5.41, 5.74) is 7.71. The molecule has 0 saturated carbocycles. The van der Waals surface area contributed by atoms with Crippen LogP contribution in [0.5, 0.6) is 0 Å². The Morgan fingerprint density at radius 3 is 2.42 bits per heavy atom. The first-order valence-electron chi connectivity index (χ1n) is 12.2. The molecule has 1 aliphatic rings. The van der Waals surface area contributed by atoms with Gasteiger partial charge in [-0.1, -0.05) is 35.5 Å². The molecule has 1 fully saturated rings. The Kier molecular flexibility index (Phi) is 10.0. The molecule has 3 rings (SSSR count). The van der Waals surface area contributed by atoms with Crippen LogP contribution >= 0.6 is 0 Å². The van der Waals surface area contributed by atoms with Crippen molar-refractivity contribution in [1.82, 2.24) is 15.5 Å². The molecule has 1 heterocycles. The van der Waals surface area contributed by atoms with Gasteiger partial charge in [0.15, 0.2) is 5.84 Å². The second-order valence-electron chi connectivity index (χ2n) is 8.61. The molecule has 5 N–H and O–H groups in total. The molecule has 1 saturated heterocycles. The quantitative estimate of drug-likeness (QED) is 0.103. The fourth-order valence-electron chi connectivity index (χ4n) is 3.90. The zero-order valence-electron chi connectivity index (χ0n) is 21.1. The number of nitrogens with two attached hydrogens (primary N) is 1. The maximum Gasteiger partial charge on any atom is 0.330 e. The number of esters is 1. The Bertz CT molecular complexity index is 1150. The highest BCUT2D eigenvalue weighted by atomic mass is 16.5. The van der Waals surface area contributed by atoms with Crippen molar-refractivity contribution in [1.29, 1.82) is 0 Å². The number of oxime groups is 1. The summed E-state index contributed by atoms with van der Waals surface area (Å²) in [6.45, 7) is 2.34. The Morgan fingerprint density at radius 1 is 1.08 bits per heavy atom. The molecule has 0 bridgehead atoms. The highest BCUT2D eigenvalue weighted by Crippen LogP contribution is 2.18. The van der Waals surface area contributed by atoms with E-state index in [1.807, 2.05) is 23.1 Å². The molecule has 1 atom stereocenters. The molecular weight excluding hydrogens is 492 g/mol. The van der Waals surface area contributed by atoms with Gasteiger partial charge in [0.2, 0.25) is 17.7 Å².